The van der Waals surface area contributed by atoms with Crippen LogP contribution in [0.25, 0.3) is 11.0 Å². The number of aromatic nitrogens is 2. The highest BCUT2D eigenvalue weighted by Crippen LogP contribution is 2.14. The molecule has 0 fully saturated rings. The molecule has 0 saturated heterocycles. The van der Waals surface area contributed by atoms with Crippen molar-refractivity contribution in [1.82, 2.24) is 14.9 Å². The van der Waals surface area contributed by atoms with Crippen LogP contribution in [0.3, 0.4) is 0 Å². The van der Waals surface area contributed by atoms with Crippen molar-refractivity contribution < 1.29 is 22.7 Å². The van der Waals surface area contributed by atoms with E-state index in [1.54, 1.807) is 6.33 Å². The standard InChI is InChI=1S/C13H14F3N3O2/c14-13(15,16)8-21-12(20)17-6-3-7-19-9-18-10-4-1-2-5-11(10)19/h1-2,4-5,9H,3,6-8H2,(H,17,20). The Balaban J connectivity index is 1.71. The first-order valence-electron chi connectivity index (χ1n) is 6.33. The van der Waals surface area contributed by atoms with Crippen molar-refractivity contribution in [2.45, 2.75) is 19.1 Å². The molecule has 0 saturated carbocycles. The number of rotatable bonds is 5. The van der Waals surface area contributed by atoms with Crippen LogP contribution in [0.4, 0.5) is 18.0 Å². The number of carbonyl (C=O) groups is 1. The number of carbonyl (C=O) groups excluding carboxylic acids is 1. The molecule has 0 aliphatic carbocycles. The fourth-order valence-electron chi connectivity index (χ4n) is 1.83. The second-order valence-corrected chi connectivity index (χ2v) is 4.40. The summed E-state index contributed by atoms with van der Waals surface area (Å²) < 4.78 is 41.4. The first-order valence-corrected chi connectivity index (χ1v) is 6.33. The molecule has 21 heavy (non-hydrogen) atoms. The van der Waals surface area contributed by atoms with E-state index in [1.807, 2.05) is 28.8 Å². The third-order valence-corrected chi connectivity index (χ3v) is 2.74. The SMILES string of the molecule is O=C(NCCCn1cnc2ccccc21)OCC(F)(F)F. The molecule has 2 rings (SSSR count). The first-order chi connectivity index (χ1) is 9.96. The molecule has 0 bridgehead atoms. The Bertz CT molecular complexity index is 610. The van der Waals surface area contributed by atoms with Crippen molar-refractivity contribution >= 4 is 17.1 Å². The van der Waals surface area contributed by atoms with Gasteiger partial charge in [0.15, 0.2) is 6.61 Å². The molecule has 0 aliphatic rings. The van der Waals surface area contributed by atoms with Gasteiger partial charge >= 0.3 is 12.3 Å². The molecule has 0 radical (unpaired) electrons. The van der Waals surface area contributed by atoms with Crippen LogP contribution in [0.2, 0.25) is 0 Å². The largest absolute Gasteiger partial charge is 0.440 e. The molecule has 0 spiro atoms. The maximum Gasteiger partial charge on any atom is 0.422 e. The smallest absolute Gasteiger partial charge is 0.422 e. The minimum Gasteiger partial charge on any atom is -0.440 e. The maximum absolute atomic E-state index is 11.8. The van der Waals surface area contributed by atoms with Gasteiger partial charge in [-0.3, -0.25) is 0 Å². The lowest BCUT2D eigenvalue weighted by molar-refractivity contribution is -0.160. The van der Waals surface area contributed by atoms with Crippen molar-refractivity contribution in [3.63, 3.8) is 0 Å². The van der Waals surface area contributed by atoms with Crippen LogP contribution in [0.1, 0.15) is 6.42 Å². The van der Waals surface area contributed by atoms with Crippen LogP contribution in [-0.2, 0) is 11.3 Å². The summed E-state index contributed by atoms with van der Waals surface area (Å²) >= 11 is 0. The molecule has 1 heterocycles. The Morgan fingerprint density at radius 2 is 2.10 bits per heavy atom. The predicted octanol–water partition coefficient (Wildman–Crippen LogP) is 2.71. The second-order valence-electron chi connectivity index (χ2n) is 4.40. The molecule has 0 atom stereocenters. The molecule has 5 nitrogen and oxygen atoms in total. The highest BCUT2D eigenvalue weighted by atomic mass is 19.4. The van der Waals surface area contributed by atoms with E-state index in [1.165, 1.54) is 0 Å². The molecule has 0 unspecified atom stereocenters. The molecule has 0 aliphatic heterocycles. The van der Waals surface area contributed by atoms with E-state index in [0.29, 0.717) is 13.0 Å². The van der Waals surface area contributed by atoms with Gasteiger partial charge in [0.1, 0.15) is 0 Å². The third-order valence-electron chi connectivity index (χ3n) is 2.74. The number of fused-ring (bicyclic) bond motifs is 1. The minimum atomic E-state index is -4.51. The molecular weight excluding hydrogens is 287 g/mol. The van der Waals surface area contributed by atoms with Crippen LogP contribution >= 0.6 is 0 Å². The van der Waals surface area contributed by atoms with Crippen LogP contribution in [0.5, 0.6) is 0 Å². The number of imidazole rings is 1. The molecule has 8 heteroatoms. The lowest BCUT2D eigenvalue weighted by atomic mass is 10.3. The van der Waals surface area contributed by atoms with E-state index in [0.717, 1.165) is 11.0 Å². The first kappa shape index (κ1) is 15.1. The van der Waals surface area contributed by atoms with E-state index in [2.05, 4.69) is 15.0 Å². The number of benzene rings is 1. The van der Waals surface area contributed by atoms with Gasteiger partial charge in [-0.1, -0.05) is 12.1 Å². The molecule has 1 aromatic heterocycles. The van der Waals surface area contributed by atoms with Crippen molar-refractivity contribution in [1.29, 1.82) is 0 Å². The van der Waals surface area contributed by atoms with Gasteiger partial charge in [-0.15, -0.1) is 0 Å². The average molecular weight is 301 g/mol. The summed E-state index contributed by atoms with van der Waals surface area (Å²) in [5, 5.41) is 2.27. The molecule has 114 valence electrons. The fraction of sp³-hybridized carbons (Fsp3) is 0.385. The van der Waals surface area contributed by atoms with E-state index < -0.39 is 18.9 Å². The molecule has 2 aromatic rings. The summed E-state index contributed by atoms with van der Waals surface area (Å²) in [5.41, 5.74) is 1.84. The Hall–Kier alpha value is -2.25. The quantitative estimate of drug-likeness (QED) is 0.864. The number of nitrogens with one attached hydrogen (secondary N) is 1. The van der Waals surface area contributed by atoms with E-state index in [9.17, 15) is 18.0 Å². The number of alkyl carbamates (subject to hydrolysis) is 1. The van der Waals surface area contributed by atoms with Crippen molar-refractivity contribution in [3.05, 3.63) is 30.6 Å². The van der Waals surface area contributed by atoms with Gasteiger partial charge in [0.2, 0.25) is 0 Å². The van der Waals surface area contributed by atoms with Crippen LogP contribution in [0.15, 0.2) is 30.6 Å². The second kappa shape index (κ2) is 6.47. The molecule has 1 amide bonds. The molecule has 1 N–H and O–H groups in total. The average Bonchev–Trinajstić information content (AvgIpc) is 2.84. The number of aryl methyl sites for hydroxylation is 1. The van der Waals surface area contributed by atoms with Gasteiger partial charge in [-0.2, -0.15) is 13.2 Å². The van der Waals surface area contributed by atoms with Crippen molar-refractivity contribution in [2.75, 3.05) is 13.2 Å². The highest BCUT2D eigenvalue weighted by Gasteiger charge is 2.29. The summed E-state index contributed by atoms with van der Waals surface area (Å²) in [6.45, 7) is -0.756. The number of hydrogen-bond donors (Lipinski definition) is 1. The topological polar surface area (TPSA) is 56.2 Å². The summed E-state index contributed by atoms with van der Waals surface area (Å²) in [4.78, 5) is 15.2. The van der Waals surface area contributed by atoms with Crippen LogP contribution < -0.4 is 5.32 Å². The monoisotopic (exact) mass is 301 g/mol. The molecular formula is C13H14F3N3O2. The summed E-state index contributed by atoms with van der Waals surface area (Å²) in [5.74, 6) is 0. The van der Waals surface area contributed by atoms with Crippen molar-refractivity contribution in [2.24, 2.45) is 0 Å². The zero-order valence-corrected chi connectivity index (χ0v) is 11.1. The van der Waals surface area contributed by atoms with Gasteiger partial charge in [0.25, 0.3) is 0 Å². The zero-order valence-electron chi connectivity index (χ0n) is 11.1. The van der Waals surface area contributed by atoms with Gasteiger partial charge in [-0.05, 0) is 18.6 Å². The van der Waals surface area contributed by atoms with Crippen LogP contribution in [0, 0.1) is 0 Å². The lowest BCUT2D eigenvalue weighted by Crippen LogP contribution is -2.30. The normalized spacial score (nSPS) is 11.6. The van der Waals surface area contributed by atoms with Gasteiger partial charge in [-0.25, -0.2) is 9.78 Å². The highest BCUT2D eigenvalue weighted by molar-refractivity contribution is 5.74. The lowest BCUT2D eigenvalue weighted by Gasteiger charge is -2.09. The fourth-order valence-corrected chi connectivity index (χ4v) is 1.83. The maximum atomic E-state index is 11.8. The third kappa shape index (κ3) is 4.66. The predicted molar refractivity (Wildman–Crippen MR) is 69.8 cm³/mol. The van der Waals surface area contributed by atoms with E-state index in [-0.39, 0.29) is 6.54 Å². The summed E-state index contributed by atoms with van der Waals surface area (Å²) in [7, 11) is 0. The van der Waals surface area contributed by atoms with E-state index in [4.69, 9.17) is 0 Å². The van der Waals surface area contributed by atoms with Gasteiger partial charge < -0.3 is 14.6 Å². The Morgan fingerprint density at radius 1 is 1.33 bits per heavy atom. The van der Waals surface area contributed by atoms with Gasteiger partial charge in [0, 0.05) is 13.1 Å². The van der Waals surface area contributed by atoms with Gasteiger partial charge in [0.05, 0.1) is 17.4 Å². The number of nitrogens with zero attached hydrogens (tertiary/aromatic N) is 2. The number of alkyl halides is 3. The summed E-state index contributed by atoms with van der Waals surface area (Å²) in [6.07, 6.45) is -3.33. The minimum absolute atomic E-state index is 0.225. The number of halogens is 3. The van der Waals surface area contributed by atoms with Crippen molar-refractivity contribution in [3.8, 4) is 0 Å². The number of para-hydroxylation sites is 2. The van der Waals surface area contributed by atoms with E-state index >= 15 is 0 Å². The Labute approximate surface area is 118 Å². The number of ether oxygens (including phenoxy) is 1. The van der Waals surface area contributed by atoms with Crippen LogP contribution in [-0.4, -0.2) is 35.0 Å². The zero-order chi connectivity index (χ0) is 15.3. The molecule has 1 aromatic carbocycles. The number of amides is 1. The Morgan fingerprint density at radius 3 is 2.86 bits per heavy atom. The number of hydrogen-bond acceptors (Lipinski definition) is 3. The summed E-state index contributed by atoms with van der Waals surface area (Å²) in [6, 6.07) is 7.59. The Kier molecular flexibility index (Phi) is 4.66.